The fraction of sp³-hybridized carbons (Fsp3) is 0.200. The minimum atomic E-state index is 0.425. The molecule has 0 heterocycles. The quantitative estimate of drug-likeness (QED) is 0.795. The van der Waals surface area contributed by atoms with Crippen molar-refractivity contribution in [3.8, 4) is 11.5 Å². The normalized spacial score (nSPS) is 10.3. The summed E-state index contributed by atoms with van der Waals surface area (Å²) < 4.78 is 12.1. The zero-order valence-corrected chi connectivity index (χ0v) is 13.2. The van der Waals surface area contributed by atoms with Gasteiger partial charge in [-0.15, -0.1) is 0 Å². The highest BCUT2D eigenvalue weighted by atomic mass is 79.9. The lowest BCUT2D eigenvalue weighted by atomic mass is 10.2. The van der Waals surface area contributed by atoms with E-state index in [2.05, 4.69) is 15.9 Å². The van der Waals surface area contributed by atoms with Crippen molar-refractivity contribution in [2.45, 2.75) is 6.54 Å². The lowest BCUT2D eigenvalue weighted by Crippen LogP contribution is -2.09. The molecular weight excluding hydrogens is 342 g/mol. The van der Waals surface area contributed by atoms with E-state index in [0.717, 1.165) is 15.8 Å². The molecule has 0 bridgehead atoms. The smallest absolute Gasteiger partial charge is 0.139 e. The van der Waals surface area contributed by atoms with Crippen molar-refractivity contribution in [2.75, 3.05) is 13.2 Å². The van der Waals surface area contributed by atoms with Crippen LogP contribution >= 0.6 is 27.5 Å². The highest BCUT2D eigenvalue weighted by molar-refractivity contribution is 9.10. The van der Waals surface area contributed by atoms with Crippen LogP contribution in [0.3, 0.4) is 0 Å². The summed E-state index contributed by atoms with van der Waals surface area (Å²) in [4.78, 5) is 0. The summed E-state index contributed by atoms with van der Waals surface area (Å²) >= 11 is 9.40. The van der Waals surface area contributed by atoms with E-state index in [0.29, 0.717) is 30.5 Å². The minimum Gasteiger partial charge on any atom is -0.490 e. The topological polar surface area (TPSA) is 44.5 Å². The molecule has 3 nitrogen and oxygen atoms in total. The maximum atomic E-state index is 6.03. The van der Waals surface area contributed by atoms with Gasteiger partial charge in [-0.25, -0.2) is 0 Å². The van der Waals surface area contributed by atoms with E-state index < -0.39 is 0 Å². The van der Waals surface area contributed by atoms with Gasteiger partial charge in [-0.1, -0.05) is 39.7 Å². The standard InChI is InChI=1S/C15H15BrClNO2/c16-12-3-6-14(17)15(9-12)20-8-7-19-13-4-1-11(10-18)2-5-13/h1-6,9H,7-8,10,18H2. The summed E-state index contributed by atoms with van der Waals surface area (Å²) in [6.07, 6.45) is 0. The van der Waals surface area contributed by atoms with Gasteiger partial charge < -0.3 is 15.2 Å². The first-order valence-electron chi connectivity index (χ1n) is 6.18. The minimum absolute atomic E-state index is 0.425. The van der Waals surface area contributed by atoms with Gasteiger partial charge in [0.1, 0.15) is 24.7 Å². The van der Waals surface area contributed by atoms with Crippen LogP contribution in [-0.4, -0.2) is 13.2 Å². The molecule has 0 unspecified atom stereocenters. The van der Waals surface area contributed by atoms with Crippen LogP contribution in [-0.2, 0) is 6.54 Å². The third kappa shape index (κ3) is 4.40. The SMILES string of the molecule is NCc1ccc(OCCOc2cc(Br)ccc2Cl)cc1. The molecule has 0 fully saturated rings. The fourth-order valence-corrected chi connectivity index (χ4v) is 2.13. The van der Waals surface area contributed by atoms with E-state index in [1.54, 1.807) is 6.07 Å². The van der Waals surface area contributed by atoms with Crippen molar-refractivity contribution >= 4 is 27.5 Å². The van der Waals surface area contributed by atoms with E-state index in [4.69, 9.17) is 26.8 Å². The molecule has 0 saturated heterocycles. The Morgan fingerprint density at radius 3 is 2.40 bits per heavy atom. The summed E-state index contributed by atoms with van der Waals surface area (Å²) in [5, 5.41) is 0.584. The molecule has 0 saturated carbocycles. The Kier molecular flexibility index (Phi) is 5.71. The van der Waals surface area contributed by atoms with E-state index in [1.807, 2.05) is 36.4 Å². The maximum Gasteiger partial charge on any atom is 0.139 e. The lowest BCUT2D eigenvalue weighted by Gasteiger charge is -2.10. The molecule has 0 aromatic heterocycles. The van der Waals surface area contributed by atoms with E-state index in [1.165, 1.54) is 0 Å². The second kappa shape index (κ2) is 7.53. The zero-order valence-electron chi connectivity index (χ0n) is 10.8. The molecule has 0 amide bonds. The van der Waals surface area contributed by atoms with E-state index in [9.17, 15) is 0 Å². The van der Waals surface area contributed by atoms with Crippen LogP contribution in [0.15, 0.2) is 46.9 Å². The van der Waals surface area contributed by atoms with Crippen molar-refractivity contribution in [1.82, 2.24) is 0 Å². The van der Waals surface area contributed by atoms with Crippen molar-refractivity contribution in [2.24, 2.45) is 5.73 Å². The summed E-state index contributed by atoms with van der Waals surface area (Å²) in [6, 6.07) is 13.2. The number of benzene rings is 2. The molecule has 106 valence electrons. The highest BCUT2D eigenvalue weighted by Gasteiger charge is 2.02. The number of halogens is 2. The van der Waals surface area contributed by atoms with Crippen LogP contribution in [0.4, 0.5) is 0 Å². The van der Waals surface area contributed by atoms with Crippen LogP contribution in [0.25, 0.3) is 0 Å². The van der Waals surface area contributed by atoms with Gasteiger partial charge in [0.25, 0.3) is 0 Å². The molecular formula is C15H15BrClNO2. The van der Waals surface area contributed by atoms with Gasteiger partial charge in [0.2, 0.25) is 0 Å². The van der Waals surface area contributed by atoms with Crippen LogP contribution in [0.5, 0.6) is 11.5 Å². The highest BCUT2D eigenvalue weighted by Crippen LogP contribution is 2.27. The van der Waals surface area contributed by atoms with Gasteiger partial charge in [0.05, 0.1) is 5.02 Å². The Bertz CT molecular complexity index is 560. The molecule has 0 aliphatic rings. The molecule has 0 aliphatic heterocycles. The first kappa shape index (κ1) is 15.2. The molecule has 0 atom stereocenters. The van der Waals surface area contributed by atoms with Crippen LogP contribution in [0.1, 0.15) is 5.56 Å². The van der Waals surface area contributed by atoms with Gasteiger partial charge in [-0.3, -0.25) is 0 Å². The third-order valence-electron chi connectivity index (χ3n) is 2.66. The molecule has 2 aromatic carbocycles. The van der Waals surface area contributed by atoms with Crippen molar-refractivity contribution < 1.29 is 9.47 Å². The average molecular weight is 357 g/mol. The molecule has 0 aliphatic carbocycles. The predicted molar refractivity (Wildman–Crippen MR) is 84.5 cm³/mol. The Balaban J connectivity index is 1.79. The molecule has 0 radical (unpaired) electrons. The Hall–Kier alpha value is -1.23. The molecule has 20 heavy (non-hydrogen) atoms. The summed E-state index contributed by atoms with van der Waals surface area (Å²) in [7, 11) is 0. The molecule has 2 N–H and O–H groups in total. The van der Waals surface area contributed by atoms with Gasteiger partial charge >= 0.3 is 0 Å². The number of rotatable bonds is 6. The Morgan fingerprint density at radius 1 is 1.00 bits per heavy atom. The lowest BCUT2D eigenvalue weighted by molar-refractivity contribution is 0.217. The van der Waals surface area contributed by atoms with Gasteiger partial charge in [-0.05, 0) is 35.9 Å². The second-order valence-corrected chi connectivity index (χ2v) is 5.44. The van der Waals surface area contributed by atoms with Crippen LogP contribution < -0.4 is 15.2 Å². The van der Waals surface area contributed by atoms with Gasteiger partial charge in [-0.2, -0.15) is 0 Å². The molecule has 5 heteroatoms. The predicted octanol–water partition coefficient (Wildman–Crippen LogP) is 4.02. The van der Waals surface area contributed by atoms with Gasteiger partial charge in [0, 0.05) is 11.0 Å². The maximum absolute atomic E-state index is 6.03. The number of nitrogens with two attached hydrogens (primary N) is 1. The summed E-state index contributed by atoms with van der Waals surface area (Å²) in [5.74, 6) is 1.44. The second-order valence-electron chi connectivity index (χ2n) is 4.12. The van der Waals surface area contributed by atoms with Crippen LogP contribution in [0, 0.1) is 0 Å². The molecule has 0 spiro atoms. The first-order chi connectivity index (χ1) is 9.69. The molecule has 2 rings (SSSR count). The summed E-state index contributed by atoms with van der Waals surface area (Å²) in [5.41, 5.74) is 6.61. The van der Waals surface area contributed by atoms with Crippen molar-refractivity contribution in [3.05, 3.63) is 57.5 Å². The number of hydrogen-bond donors (Lipinski definition) is 1. The third-order valence-corrected chi connectivity index (χ3v) is 3.47. The first-order valence-corrected chi connectivity index (χ1v) is 7.36. The summed E-state index contributed by atoms with van der Waals surface area (Å²) in [6.45, 7) is 1.41. The van der Waals surface area contributed by atoms with Crippen molar-refractivity contribution in [1.29, 1.82) is 0 Å². The fourth-order valence-electron chi connectivity index (χ4n) is 1.62. The molecule has 2 aromatic rings. The zero-order chi connectivity index (χ0) is 14.4. The largest absolute Gasteiger partial charge is 0.490 e. The van der Waals surface area contributed by atoms with Gasteiger partial charge in [0.15, 0.2) is 0 Å². The van der Waals surface area contributed by atoms with E-state index >= 15 is 0 Å². The Morgan fingerprint density at radius 2 is 1.70 bits per heavy atom. The number of ether oxygens (including phenoxy) is 2. The average Bonchev–Trinajstić information content (AvgIpc) is 2.47. The van der Waals surface area contributed by atoms with Crippen molar-refractivity contribution in [3.63, 3.8) is 0 Å². The van der Waals surface area contributed by atoms with Crippen LogP contribution in [0.2, 0.25) is 5.02 Å². The number of hydrogen-bond acceptors (Lipinski definition) is 3. The monoisotopic (exact) mass is 355 g/mol. The Labute approximate surface area is 131 Å². The van der Waals surface area contributed by atoms with E-state index in [-0.39, 0.29) is 0 Å².